The summed E-state index contributed by atoms with van der Waals surface area (Å²) in [5.41, 5.74) is 6.07. The highest BCUT2D eigenvalue weighted by molar-refractivity contribution is 5.85. The Balaban J connectivity index is 0.00000208. The number of carbonyl (C=O) groups excluding carboxylic acids is 1. The fourth-order valence-electron chi connectivity index (χ4n) is 3.99. The van der Waals surface area contributed by atoms with Crippen LogP contribution in [0.15, 0.2) is 18.2 Å². The molecule has 2 saturated carbocycles. The molecule has 1 aromatic rings. The smallest absolute Gasteiger partial charge is 0.258 e. The van der Waals surface area contributed by atoms with Crippen molar-refractivity contribution < 1.29 is 18.3 Å². The fraction of sp³-hybridized carbons (Fsp3) is 0.588. The standard InChI is InChI=1S/C17H22F2N2O2.ClH/c18-12-4-5-15(14(19)8-12)23-9-16(22)21-17-10-2-1-3-11(17)7-13(20)6-10;/h4-5,8,10-11,13,17H,1-3,6-7,9,20H2,(H,21,22);1H. The normalized spacial score (nSPS) is 28.6. The lowest BCUT2D eigenvalue weighted by Gasteiger charge is -2.45. The van der Waals surface area contributed by atoms with Crippen LogP contribution in [0.25, 0.3) is 0 Å². The molecule has 2 fully saturated rings. The number of carbonyl (C=O) groups is 1. The molecule has 4 nitrogen and oxygen atoms in total. The first-order chi connectivity index (χ1) is 11.0. The summed E-state index contributed by atoms with van der Waals surface area (Å²) in [6, 6.07) is 3.39. The summed E-state index contributed by atoms with van der Waals surface area (Å²) in [6.45, 7) is -0.273. The molecule has 0 aromatic heterocycles. The van der Waals surface area contributed by atoms with E-state index in [-0.39, 0.29) is 42.8 Å². The van der Waals surface area contributed by atoms with Crippen molar-refractivity contribution in [2.24, 2.45) is 17.6 Å². The molecule has 2 unspecified atom stereocenters. The van der Waals surface area contributed by atoms with Crippen molar-refractivity contribution in [3.63, 3.8) is 0 Å². The number of rotatable bonds is 4. The van der Waals surface area contributed by atoms with Crippen LogP contribution in [0.1, 0.15) is 32.1 Å². The van der Waals surface area contributed by atoms with Gasteiger partial charge in [0.1, 0.15) is 5.82 Å². The molecular formula is C17H23ClF2N2O2. The molecule has 0 spiro atoms. The predicted octanol–water partition coefficient (Wildman–Crippen LogP) is 2.79. The minimum atomic E-state index is -0.807. The van der Waals surface area contributed by atoms with Gasteiger partial charge in [-0.2, -0.15) is 0 Å². The number of nitrogens with one attached hydrogen (secondary N) is 1. The summed E-state index contributed by atoms with van der Waals surface area (Å²) < 4.78 is 31.5. The van der Waals surface area contributed by atoms with Crippen LogP contribution in [-0.4, -0.2) is 24.6 Å². The average Bonchev–Trinajstić information content (AvgIpc) is 2.47. The third kappa shape index (κ3) is 4.36. The minimum Gasteiger partial charge on any atom is -0.481 e. The maximum atomic E-state index is 13.5. The van der Waals surface area contributed by atoms with Crippen molar-refractivity contribution in [3.05, 3.63) is 29.8 Å². The van der Waals surface area contributed by atoms with E-state index in [9.17, 15) is 13.6 Å². The molecule has 0 saturated heterocycles. The minimum absolute atomic E-state index is 0. The number of hydrogen-bond acceptors (Lipinski definition) is 3. The lowest BCUT2D eigenvalue weighted by Crippen LogP contribution is -2.54. The number of halogens is 3. The first-order valence-corrected chi connectivity index (χ1v) is 8.15. The Bertz CT molecular complexity index is 574. The molecule has 24 heavy (non-hydrogen) atoms. The molecule has 2 atom stereocenters. The molecule has 1 aromatic carbocycles. The number of fused-ring (bicyclic) bond motifs is 2. The van der Waals surface area contributed by atoms with Crippen LogP contribution in [0.3, 0.4) is 0 Å². The third-order valence-electron chi connectivity index (χ3n) is 4.96. The van der Waals surface area contributed by atoms with Crippen molar-refractivity contribution in [1.82, 2.24) is 5.32 Å². The van der Waals surface area contributed by atoms with Crippen LogP contribution in [0.2, 0.25) is 0 Å². The number of amides is 1. The van der Waals surface area contributed by atoms with E-state index >= 15 is 0 Å². The Hall–Kier alpha value is -1.40. The summed E-state index contributed by atoms with van der Waals surface area (Å²) in [7, 11) is 0. The zero-order valence-electron chi connectivity index (χ0n) is 13.3. The molecule has 0 aliphatic heterocycles. The van der Waals surface area contributed by atoms with Gasteiger partial charge in [0.25, 0.3) is 5.91 Å². The van der Waals surface area contributed by atoms with E-state index in [2.05, 4.69) is 5.32 Å². The summed E-state index contributed by atoms with van der Waals surface area (Å²) in [4.78, 5) is 12.1. The molecule has 0 radical (unpaired) electrons. The zero-order chi connectivity index (χ0) is 16.4. The molecule has 7 heteroatoms. The van der Waals surface area contributed by atoms with Crippen molar-refractivity contribution in [3.8, 4) is 5.75 Å². The van der Waals surface area contributed by atoms with E-state index in [1.807, 2.05) is 0 Å². The molecule has 0 heterocycles. The molecular weight excluding hydrogens is 338 g/mol. The van der Waals surface area contributed by atoms with Crippen molar-refractivity contribution in [2.45, 2.75) is 44.2 Å². The molecule has 134 valence electrons. The highest BCUT2D eigenvalue weighted by Gasteiger charge is 2.39. The molecule has 2 aliphatic carbocycles. The van der Waals surface area contributed by atoms with Crippen LogP contribution < -0.4 is 15.8 Å². The van der Waals surface area contributed by atoms with Gasteiger partial charge in [-0.05, 0) is 49.7 Å². The quantitative estimate of drug-likeness (QED) is 0.867. The van der Waals surface area contributed by atoms with Gasteiger partial charge in [0, 0.05) is 18.2 Å². The summed E-state index contributed by atoms with van der Waals surface area (Å²) >= 11 is 0. The number of hydrogen-bond donors (Lipinski definition) is 2. The van der Waals surface area contributed by atoms with Gasteiger partial charge in [0.05, 0.1) is 0 Å². The van der Waals surface area contributed by atoms with Gasteiger partial charge in [-0.25, -0.2) is 8.78 Å². The van der Waals surface area contributed by atoms with Crippen LogP contribution in [-0.2, 0) is 4.79 Å². The lowest BCUT2D eigenvalue weighted by atomic mass is 9.67. The van der Waals surface area contributed by atoms with Crippen LogP contribution in [0, 0.1) is 23.5 Å². The number of ether oxygens (including phenoxy) is 1. The molecule has 3 N–H and O–H groups in total. The largest absolute Gasteiger partial charge is 0.481 e. The number of nitrogens with two attached hydrogens (primary N) is 1. The Morgan fingerprint density at radius 1 is 1.25 bits per heavy atom. The Morgan fingerprint density at radius 2 is 1.92 bits per heavy atom. The molecule has 2 bridgehead atoms. The first-order valence-electron chi connectivity index (χ1n) is 8.15. The maximum absolute atomic E-state index is 13.5. The Labute approximate surface area is 146 Å². The monoisotopic (exact) mass is 360 g/mol. The van der Waals surface area contributed by atoms with E-state index < -0.39 is 11.6 Å². The summed E-state index contributed by atoms with van der Waals surface area (Å²) in [6.07, 6.45) is 5.24. The summed E-state index contributed by atoms with van der Waals surface area (Å²) in [5, 5.41) is 3.03. The molecule has 3 rings (SSSR count). The van der Waals surface area contributed by atoms with E-state index in [0.29, 0.717) is 11.8 Å². The SMILES string of the molecule is Cl.NC1CC2CCCC(C1)C2NC(=O)COc1ccc(F)cc1F. The second kappa shape index (κ2) is 8.12. The fourth-order valence-corrected chi connectivity index (χ4v) is 3.99. The maximum Gasteiger partial charge on any atom is 0.258 e. The lowest BCUT2D eigenvalue weighted by molar-refractivity contribution is -0.125. The topological polar surface area (TPSA) is 64.3 Å². The van der Waals surface area contributed by atoms with Gasteiger partial charge < -0.3 is 15.8 Å². The zero-order valence-corrected chi connectivity index (χ0v) is 14.2. The number of benzene rings is 1. The van der Waals surface area contributed by atoms with Crippen LogP contribution in [0.4, 0.5) is 8.78 Å². The van der Waals surface area contributed by atoms with Crippen molar-refractivity contribution in [1.29, 1.82) is 0 Å². The van der Waals surface area contributed by atoms with E-state index in [1.54, 1.807) is 0 Å². The third-order valence-corrected chi connectivity index (χ3v) is 4.96. The van der Waals surface area contributed by atoms with Crippen LogP contribution in [0.5, 0.6) is 5.75 Å². The van der Waals surface area contributed by atoms with Crippen molar-refractivity contribution >= 4 is 18.3 Å². The van der Waals surface area contributed by atoms with Gasteiger partial charge in [-0.3, -0.25) is 4.79 Å². The van der Waals surface area contributed by atoms with Crippen LogP contribution >= 0.6 is 12.4 Å². The highest BCUT2D eigenvalue weighted by Crippen LogP contribution is 2.39. The van der Waals surface area contributed by atoms with Gasteiger partial charge in [0.2, 0.25) is 0 Å². The van der Waals surface area contributed by atoms with Gasteiger partial charge in [0.15, 0.2) is 18.2 Å². The van der Waals surface area contributed by atoms with E-state index in [4.69, 9.17) is 10.5 Å². The van der Waals surface area contributed by atoms with E-state index in [0.717, 1.165) is 37.8 Å². The Kier molecular flexibility index (Phi) is 6.40. The Morgan fingerprint density at radius 3 is 2.54 bits per heavy atom. The van der Waals surface area contributed by atoms with Gasteiger partial charge >= 0.3 is 0 Å². The van der Waals surface area contributed by atoms with Gasteiger partial charge in [-0.15, -0.1) is 12.4 Å². The molecule has 1 amide bonds. The molecule has 2 aliphatic rings. The summed E-state index contributed by atoms with van der Waals surface area (Å²) in [5.74, 6) is -1.03. The second-order valence-electron chi connectivity index (χ2n) is 6.64. The van der Waals surface area contributed by atoms with Gasteiger partial charge in [-0.1, -0.05) is 6.42 Å². The highest BCUT2D eigenvalue weighted by atomic mass is 35.5. The van der Waals surface area contributed by atoms with E-state index in [1.165, 1.54) is 12.5 Å². The predicted molar refractivity (Wildman–Crippen MR) is 89.1 cm³/mol. The average molecular weight is 361 g/mol. The van der Waals surface area contributed by atoms with Crippen molar-refractivity contribution in [2.75, 3.05) is 6.61 Å². The first kappa shape index (κ1) is 18.9. The second-order valence-corrected chi connectivity index (χ2v) is 6.64.